The zero-order valence-corrected chi connectivity index (χ0v) is 20.8. The maximum absolute atomic E-state index is 13.3. The summed E-state index contributed by atoms with van der Waals surface area (Å²) in [6.45, 7) is 2.84. The number of carbonyl (C=O) groups is 4. The Hall–Kier alpha value is -2.90. The van der Waals surface area contributed by atoms with Crippen LogP contribution < -0.4 is 21.7 Å². The Kier molecular flexibility index (Phi) is 9.58. The predicted molar refractivity (Wildman–Crippen MR) is 131 cm³/mol. The number of hydrogen-bond acceptors (Lipinski definition) is 9. The van der Waals surface area contributed by atoms with E-state index in [1.807, 2.05) is 12.1 Å². The Bertz CT molecular complexity index is 1000. The van der Waals surface area contributed by atoms with Crippen molar-refractivity contribution in [2.45, 2.75) is 43.8 Å². The fraction of sp³-hybridized carbons (Fsp3) is 0.600. The molecule has 0 bridgehead atoms. The minimum Gasteiger partial charge on any atom is -0.377 e. The fourth-order valence-electron chi connectivity index (χ4n) is 5.21. The summed E-state index contributed by atoms with van der Waals surface area (Å²) in [4.78, 5) is 51.3. The Morgan fingerprint density at radius 1 is 1.00 bits per heavy atom. The molecule has 0 saturated carbocycles. The molecule has 4 amide bonds. The molecule has 2 aliphatic heterocycles. The van der Waals surface area contributed by atoms with E-state index in [-0.39, 0.29) is 49.5 Å². The molecule has 4 rings (SSSR count). The van der Waals surface area contributed by atoms with Crippen LogP contribution in [0.2, 0.25) is 0 Å². The first-order chi connectivity index (χ1) is 18.0. The highest BCUT2D eigenvalue weighted by atomic mass is 16.5. The second-order valence-corrected chi connectivity index (χ2v) is 9.16. The van der Waals surface area contributed by atoms with Gasteiger partial charge in [-0.05, 0) is 36.5 Å². The standard InChI is InChI=1S/C25H35N5O7/c26-15-37-13-12-36-11-10-35-9-8-27-22(32)14-28-18-4-5-19-23-16(18)2-1-3-17(23)25(34)30(19)20-6-7-21(31)29-24(20)33/h1-3,18-20,28H,4-15,26H2,(H,27,32)(H,29,31,33). The lowest BCUT2D eigenvalue weighted by Gasteiger charge is -2.38. The summed E-state index contributed by atoms with van der Waals surface area (Å²) in [6, 6.07) is 4.66. The average molecular weight is 518 g/mol. The Morgan fingerprint density at radius 3 is 2.51 bits per heavy atom. The van der Waals surface area contributed by atoms with Crippen molar-refractivity contribution in [3.8, 4) is 0 Å². The molecule has 12 nitrogen and oxygen atoms in total. The van der Waals surface area contributed by atoms with Gasteiger partial charge in [0.05, 0.1) is 52.4 Å². The zero-order valence-electron chi connectivity index (χ0n) is 20.8. The second-order valence-electron chi connectivity index (χ2n) is 9.16. The van der Waals surface area contributed by atoms with Crippen molar-refractivity contribution in [2.75, 3.05) is 52.9 Å². The molecule has 1 aliphatic carbocycles. The molecule has 1 aromatic rings. The molecule has 1 fully saturated rings. The van der Waals surface area contributed by atoms with Gasteiger partial charge in [0, 0.05) is 24.6 Å². The molecule has 0 spiro atoms. The Labute approximate surface area is 215 Å². The Morgan fingerprint density at radius 2 is 1.76 bits per heavy atom. The highest BCUT2D eigenvalue weighted by Gasteiger charge is 2.47. The lowest BCUT2D eigenvalue weighted by Crippen LogP contribution is -2.53. The predicted octanol–water partition coefficient (Wildman–Crippen LogP) is -0.505. The number of nitrogens with one attached hydrogen (secondary N) is 3. The van der Waals surface area contributed by atoms with Crippen molar-refractivity contribution < 1.29 is 33.4 Å². The average Bonchev–Trinajstić information content (AvgIpc) is 3.17. The van der Waals surface area contributed by atoms with Gasteiger partial charge in [0.2, 0.25) is 17.7 Å². The fourth-order valence-corrected chi connectivity index (χ4v) is 5.21. The molecule has 2 heterocycles. The summed E-state index contributed by atoms with van der Waals surface area (Å²) in [5.41, 5.74) is 7.71. The van der Waals surface area contributed by atoms with E-state index < -0.39 is 11.9 Å². The molecular weight excluding hydrogens is 482 g/mol. The summed E-state index contributed by atoms with van der Waals surface area (Å²) in [7, 11) is 0. The van der Waals surface area contributed by atoms with Gasteiger partial charge in [0.25, 0.3) is 5.91 Å². The van der Waals surface area contributed by atoms with Crippen molar-refractivity contribution in [2.24, 2.45) is 5.73 Å². The van der Waals surface area contributed by atoms with Crippen LogP contribution >= 0.6 is 0 Å². The normalized spacial score (nSPS) is 22.7. The van der Waals surface area contributed by atoms with Crippen LogP contribution in [0.1, 0.15) is 59.3 Å². The summed E-state index contributed by atoms with van der Waals surface area (Å²) in [5, 5.41) is 8.50. The van der Waals surface area contributed by atoms with E-state index in [1.54, 1.807) is 11.0 Å². The largest absolute Gasteiger partial charge is 0.377 e. The van der Waals surface area contributed by atoms with Gasteiger partial charge in [-0.3, -0.25) is 24.5 Å². The number of rotatable bonds is 14. The first-order valence-electron chi connectivity index (χ1n) is 12.7. The van der Waals surface area contributed by atoms with Gasteiger partial charge in [0.1, 0.15) is 6.04 Å². The molecule has 0 aromatic heterocycles. The molecule has 0 radical (unpaired) electrons. The number of imide groups is 1. The van der Waals surface area contributed by atoms with Crippen molar-refractivity contribution >= 4 is 23.6 Å². The smallest absolute Gasteiger partial charge is 0.255 e. The molecule has 3 aliphatic rings. The van der Waals surface area contributed by atoms with Crippen LogP contribution in [0.5, 0.6) is 0 Å². The molecule has 1 saturated heterocycles. The maximum Gasteiger partial charge on any atom is 0.255 e. The first kappa shape index (κ1) is 27.1. The summed E-state index contributed by atoms with van der Waals surface area (Å²) >= 11 is 0. The van der Waals surface area contributed by atoms with Crippen LogP contribution in [0.25, 0.3) is 0 Å². The monoisotopic (exact) mass is 517 g/mol. The van der Waals surface area contributed by atoms with Crippen LogP contribution in [0.4, 0.5) is 0 Å². The quantitative estimate of drug-likeness (QED) is 0.145. The number of carbonyl (C=O) groups excluding carboxylic acids is 4. The van der Waals surface area contributed by atoms with Gasteiger partial charge >= 0.3 is 0 Å². The van der Waals surface area contributed by atoms with E-state index in [0.29, 0.717) is 64.4 Å². The van der Waals surface area contributed by atoms with Crippen molar-refractivity contribution in [3.05, 3.63) is 34.9 Å². The van der Waals surface area contributed by atoms with E-state index in [4.69, 9.17) is 19.9 Å². The number of piperidine rings is 1. The van der Waals surface area contributed by atoms with E-state index in [0.717, 1.165) is 11.1 Å². The van der Waals surface area contributed by atoms with Gasteiger partial charge in [0.15, 0.2) is 0 Å². The topological polar surface area (TPSA) is 161 Å². The molecule has 3 atom stereocenters. The Balaban J connectivity index is 1.23. The minimum absolute atomic E-state index is 0.0805. The number of nitrogens with two attached hydrogens (primary N) is 1. The zero-order chi connectivity index (χ0) is 26.2. The number of ether oxygens (including phenoxy) is 3. The SMILES string of the molecule is NCOCCOCCOCCNC(=O)CNC1CCC2c3c(cccc31)C(=O)N2C1CCC(=O)NC1=O. The molecule has 1 aromatic carbocycles. The molecule has 37 heavy (non-hydrogen) atoms. The van der Waals surface area contributed by atoms with Crippen molar-refractivity contribution in [1.82, 2.24) is 20.9 Å². The first-order valence-corrected chi connectivity index (χ1v) is 12.7. The third-order valence-electron chi connectivity index (χ3n) is 6.86. The molecule has 12 heteroatoms. The van der Waals surface area contributed by atoms with Crippen LogP contribution in [0, 0.1) is 0 Å². The lowest BCUT2D eigenvalue weighted by molar-refractivity contribution is -0.137. The van der Waals surface area contributed by atoms with Crippen LogP contribution in [0.15, 0.2) is 18.2 Å². The van der Waals surface area contributed by atoms with Crippen LogP contribution in [-0.2, 0) is 28.6 Å². The summed E-state index contributed by atoms with van der Waals surface area (Å²) in [6.07, 6.45) is 1.93. The van der Waals surface area contributed by atoms with Crippen molar-refractivity contribution in [1.29, 1.82) is 0 Å². The lowest BCUT2D eigenvalue weighted by atomic mass is 9.83. The van der Waals surface area contributed by atoms with Crippen LogP contribution in [0.3, 0.4) is 0 Å². The van der Waals surface area contributed by atoms with Gasteiger partial charge in [-0.2, -0.15) is 0 Å². The third-order valence-corrected chi connectivity index (χ3v) is 6.86. The number of amides is 4. The molecule has 202 valence electrons. The van der Waals surface area contributed by atoms with E-state index in [1.165, 1.54) is 0 Å². The summed E-state index contributed by atoms with van der Waals surface area (Å²) in [5.74, 6) is -1.04. The third kappa shape index (κ3) is 6.51. The van der Waals surface area contributed by atoms with E-state index in [2.05, 4.69) is 16.0 Å². The number of nitrogens with zero attached hydrogens (tertiary/aromatic N) is 1. The van der Waals surface area contributed by atoms with Gasteiger partial charge in [-0.1, -0.05) is 12.1 Å². The van der Waals surface area contributed by atoms with Gasteiger partial charge in [-0.15, -0.1) is 0 Å². The van der Waals surface area contributed by atoms with Crippen molar-refractivity contribution in [3.63, 3.8) is 0 Å². The number of benzene rings is 1. The van der Waals surface area contributed by atoms with E-state index in [9.17, 15) is 19.2 Å². The highest BCUT2D eigenvalue weighted by Crippen LogP contribution is 2.47. The molecule has 3 unspecified atom stereocenters. The van der Waals surface area contributed by atoms with E-state index >= 15 is 0 Å². The highest BCUT2D eigenvalue weighted by molar-refractivity contribution is 6.06. The van der Waals surface area contributed by atoms with Crippen LogP contribution in [-0.4, -0.2) is 87.4 Å². The molecule has 5 N–H and O–H groups in total. The minimum atomic E-state index is -0.648. The second kappa shape index (κ2) is 13.1. The molecular formula is C25H35N5O7. The summed E-state index contributed by atoms with van der Waals surface area (Å²) < 4.78 is 15.7. The maximum atomic E-state index is 13.3. The number of hydrogen-bond donors (Lipinski definition) is 4. The van der Waals surface area contributed by atoms with Gasteiger partial charge in [-0.25, -0.2) is 0 Å². The van der Waals surface area contributed by atoms with Gasteiger partial charge < -0.3 is 35.5 Å².